The minimum atomic E-state index is 0.000463. The Balaban J connectivity index is 2.56. The highest BCUT2D eigenvalue weighted by Gasteiger charge is 2.24. The van der Waals surface area contributed by atoms with Crippen molar-refractivity contribution in [2.24, 2.45) is 0 Å². The van der Waals surface area contributed by atoms with E-state index >= 15 is 0 Å². The Bertz CT molecular complexity index is 619. The molecule has 1 unspecified atom stereocenters. The molecule has 0 saturated carbocycles. The molecule has 0 bridgehead atoms. The molecule has 5 heteroatoms. The van der Waals surface area contributed by atoms with Crippen molar-refractivity contribution < 1.29 is 0 Å². The van der Waals surface area contributed by atoms with Gasteiger partial charge in [0.2, 0.25) is 0 Å². The van der Waals surface area contributed by atoms with E-state index in [0.29, 0.717) is 5.02 Å². The van der Waals surface area contributed by atoms with E-state index in [1.807, 2.05) is 24.6 Å². The Hall–Kier alpha value is -1.39. The normalized spacial score (nSPS) is 12.9. The summed E-state index contributed by atoms with van der Waals surface area (Å²) in [6.45, 7) is 11.2. The second-order valence-electron chi connectivity index (χ2n) is 5.53. The number of hydrogen-bond acceptors (Lipinski definition) is 3. The number of rotatable bonds is 5. The lowest BCUT2D eigenvalue weighted by Crippen LogP contribution is -2.26. The van der Waals surface area contributed by atoms with Crippen molar-refractivity contribution in [2.45, 2.75) is 46.7 Å². The van der Waals surface area contributed by atoms with Crippen molar-refractivity contribution in [2.75, 3.05) is 6.54 Å². The smallest absolute Gasteiger partial charge is 0.0837 e. The van der Waals surface area contributed by atoms with Gasteiger partial charge in [0.15, 0.2) is 0 Å². The molecule has 1 atom stereocenters. The Kier molecular flexibility index (Phi) is 5.01. The summed E-state index contributed by atoms with van der Waals surface area (Å²) in [4.78, 5) is 4.58. The Morgan fingerprint density at radius 3 is 2.57 bits per heavy atom. The third-order valence-electron chi connectivity index (χ3n) is 3.53. The van der Waals surface area contributed by atoms with Gasteiger partial charge < -0.3 is 5.32 Å². The molecule has 0 amide bonds. The van der Waals surface area contributed by atoms with Gasteiger partial charge in [0.05, 0.1) is 23.0 Å². The second-order valence-corrected chi connectivity index (χ2v) is 5.94. The molecule has 0 spiro atoms. The second kappa shape index (κ2) is 6.58. The first-order valence-electron chi connectivity index (χ1n) is 7.36. The molecule has 114 valence electrons. The number of aromatic nitrogens is 3. The van der Waals surface area contributed by atoms with Crippen LogP contribution in [-0.2, 0) is 0 Å². The zero-order valence-electron chi connectivity index (χ0n) is 13.3. The molecule has 0 aliphatic carbocycles. The molecule has 0 saturated heterocycles. The molecule has 0 radical (unpaired) electrons. The van der Waals surface area contributed by atoms with Gasteiger partial charge in [0.25, 0.3) is 0 Å². The van der Waals surface area contributed by atoms with Gasteiger partial charge in [-0.25, -0.2) is 0 Å². The van der Waals surface area contributed by atoms with Crippen LogP contribution in [0.1, 0.15) is 55.5 Å². The summed E-state index contributed by atoms with van der Waals surface area (Å²) >= 11 is 6.41. The molecule has 2 aromatic heterocycles. The van der Waals surface area contributed by atoms with E-state index in [2.05, 4.69) is 42.2 Å². The van der Waals surface area contributed by atoms with Gasteiger partial charge in [0, 0.05) is 17.4 Å². The molecule has 0 aliphatic rings. The van der Waals surface area contributed by atoms with Gasteiger partial charge in [-0.1, -0.05) is 24.6 Å². The third-order valence-corrected chi connectivity index (χ3v) is 3.83. The number of aryl methyl sites for hydroxylation is 2. The van der Waals surface area contributed by atoms with Crippen molar-refractivity contribution in [3.05, 3.63) is 46.0 Å². The van der Waals surface area contributed by atoms with Gasteiger partial charge in [0.1, 0.15) is 0 Å². The number of nitrogens with zero attached hydrogens (tertiary/aromatic N) is 3. The van der Waals surface area contributed by atoms with Crippen LogP contribution >= 0.6 is 11.6 Å². The van der Waals surface area contributed by atoms with Crippen LogP contribution in [0.15, 0.2) is 18.3 Å². The highest BCUT2D eigenvalue weighted by molar-refractivity contribution is 6.31. The minimum absolute atomic E-state index is 0.000463. The number of pyridine rings is 1. The monoisotopic (exact) mass is 306 g/mol. The quantitative estimate of drug-likeness (QED) is 0.913. The van der Waals surface area contributed by atoms with Crippen molar-refractivity contribution in [3.63, 3.8) is 0 Å². The van der Waals surface area contributed by atoms with Crippen molar-refractivity contribution in [3.8, 4) is 0 Å². The third kappa shape index (κ3) is 3.27. The fraction of sp³-hybridized carbons (Fsp3) is 0.500. The maximum absolute atomic E-state index is 6.41. The topological polar surface area (TPSA) is 42.7 Å². The predicted octanol–water partition coefficient (Wildman–Crippen LogP) is 3.83. The first kappa shape index (κ1) is 16.0. The lowest BCUT2D eigenvalue weighted by Gasteiger charge is -2.23. The zero-order valence-corrected chi connectivity index (χ0v) is 14.1. The van der Waals surface area contributed by atoms with Gasteiger partial charge in [-0.3, -0.25) is 9.67 Å². The molecule has 1 N–H and O–H groups in total. The van der Waals surface area contributed by atoms with Crippen LogP contribution in [0.25, 0.3) is 0 Å². The van der Waals surface area contributed by atoms with Crippen LogP contribution in [0.5, 0.6) is 0 Å². The Morgan fingerprint density at radius 1 is 1.29 bits per heavy atom. The zero-order chi connectivity index (χ0) is 15.6. The van der Waals surface area contributed by atoms with Crippen LogP contribution in [-0.4, -0.2) is 21.3 Å². The van der Waals surface area contributed by atoms with E-state index < -0.39 is 0 Å². The van der Waals surface area contributed by atoms with E-state index in [0.717, 1.165) is 29.2 Å². The maximum atomic E-state index is 6.41. The fourth-order valence-electron chi connectivity index (χ4n) is 2.59. The number of halogens is 1. The fourth-order valence-corrected chi connectivity index (χ4v) is 2.83. The molecule has 2 rings (SSSR count). The summed E-state index contributed by atoms with van der Waals surface area (Å²) in [6.07, 6.45) is 1.72. The summed E-state index contributed by atoms with van der Waals surface area (Å²) in [5, 5.41) is 8.62. The number of nitrogens with one attached hydrogen (secondary N) is 1. The summed E-state index contributed by atoms with van der Waals surface area (Å²) < 4.78 is 1.98. The lowest BCUT2D eigenvalue weighted by atomic mass is 10.0. The van der Waals surface area contributed by atoms with Gasteiger partial charge in [-0.05, 0) is 45.9 Å². The van der Waals surface area contributed by atoms with E-state index in [1.54, 1.807) is 6.20 Å². The van der Waals surface area contributed by atoms with Crippen LogP contribution in [0.3, 0.4) is 0 Å². The molecule has 2 heterocycles. The highest BCUT2D eigenvalue weighted by atomic mass is 35.5. The largest absolute Gasteiger partial charge is 0.305 e. The first-order chi connectivity index (χ1) is 9.95. The predicted molar refractivity (Wildman–Crippen MR) is 86.9 cm³/mol. The molecule has 0 fully saturated rings. The van der Waals surface area contributed by atoms with E-state index in [-0.39, 0.29) is 12.1 Å². The van der Waals surface area contributed by atoms with Crippen LogP contribution < -0.4 is 5.32 Å². The molecular formula is C16H23ClN4. The minimum Gasteiger partial charge on any atom is -0.305 e. The van der Waals surface area contributed by atoms with E-state index in [1.165, 1.54) is 0 Å². The summed E-state index contributed by atoms with van der Waals surface area (Å²) in [6, 6.07) is 4.42. The van der Waals surface area contributed by atoms with Gasteiger partial charge >= 0.3 is 0 Å². The maximum Gasteiger partial charge on any atom is 0.0837 e. The van der Waals surface area contributed by atoms with Crippen LogP contribution in [0.4, 0.5) is 0 Å². The number of hydrogen-bond donors (Lipinski definition) is 1. The molecular weight excluding hydrogens is 284 g/mol. The van der Waals surface area contributed by atoms with Crippen molar-refractivity contribution in [1.82, 2.24) is 20.1 Å². The first-order valence-corrected chi connectivity index (χ1v) is 7.73. The average molecular weight is 307 g/mol. The van der Waals surface area contributed by atoms with Crippen LogP contribution in [0.2, 0.25) is 5.02 Å². The molecule has 2 aromatic rings. The van der Waals surface area contributed by atoms with Crippen LogP contribution in [0, 0.1) is 13.8 Å². The summed E-state index contributed by atoms with van der Waals surface area (Å²) in [5.41, 5.74) is 4.19. The lowest BCUT2D eigenvalue weighted by molar-refractivity contribution is 0.475. The average Bonchev–Trinajstić information content (AvgIpc) is 2.79. The standard InChI is InChI=1S/C16H23ClN4/c1-6-18-15(13-8-7-11(4)20-12(13)5)16-14(17)9-19-21(16)10(2)3/h7-10,15,18H,6H2,1-5H3. The van der Waals surface area contributed by atoms with Crippen molar-refractivity contribution >= 4 is 11.6 Å². The van der Waals surface area contributed by atoms with E-state index in [9.17, 15) is 0 Å². The summed E-state index contributed by atoms with van der Waals surface area (Å²) in [5.74, 6) is 0. The van der Waals surface area contributed by atoms with E-state index in [4.69, 9.17) is 11.6 Å². The molecule has 21 heavy (non-hydrogen) atoms. The Labute approximate surface area is 131 Å². The van der Waals surface area contributed by atoms with Crippen molar-refractivity contribution in [1.29, 1.82) is 0 Å². The SMILES string of the molecule is CCNC(c1ccc(C)nc1C)c1c(Cl)cnn1C(C)C. The highest BCUT2D eigenvalue weighted by Crippen LogP contribution is 2.31. The molecule has 0 aliphatic heterocycles. The van der Waals surface area contributed by atoms with Gasteiger partial charge in [-0.15, -0.1) is 0 Å². The Morgan fingerprint density at radius 2 is 2.00 bits per heavy atom. The van der Waals surface area contributed by atoms with Gasteiger partial charge in [-0.2, -0.15) is 5.10 Å². The summed E-state index contributed by atoms with van der Waals surface area (Å²) in [7, 11) is 0. The molecule has 0 aromatic carbocycles. The molecule has 4 nitrogen and oxygen atoms in total.